The van der Waals surface area contributed by atoms with E-state index >= 15 is 0 Å². The summed E-state index contributed by atoms with van der Waals surface area (Å²) in [5.74, 6) is -4.02. The number of aliphatic hydroxyl groups is 10. The summed E-state index contributed by atoms with van der Waals surface area (Å²) in [6.07, 6.45) is -14.9. The fourth-order valence-corrected chi connectivity index (χ4v) is 2.23. The van der Waals surface area contributed by atoms with E-state index in [0.29, 0.717) is 6.42 Å². The van der Waals surface area contributed by atoms with Crippen LogP contribution in [0.15, 0.2) is 23.1 Å². The molecule has 8 unspecified atom stereocenters. The average molecular weight is 505 g/mol. The van der Waals surface area contributed by atoms with Gasteiger partial charge in [-0.3, -0.25) is 0 Å². The van der Waals surface area contributed by atoms with Gasteiger partial charge in [0.05, 0.1) is 13.2 Å². The topological polar surface area (TPSA) is 255 Å². The number of halogens is 1. The molecular weight excluding hydrogens is 476 g/mol. The fraction of sp³-hybridized carbons (Fsp3) is 0.667. The van der Waals surface area contributed by atoms with Gasteiger partial charge in [0.25, 0.3) is 0 Å². The number of hydrogen-bond donors (Lipinski definition) is 10. The van der Waals surface area contributed by atoms with E-state index in [1.807, 2.05) is 0 Å². The van der Waals surface area contributed by atoms with Gasteiger partial charge in [-0.25, -0.2) is 9.59 Å². The first kappa shape index (κ1) is 31.3. The smallest absolute Gasteiger partial charge is 0.344 e. The molecule has 0 rings (SSSR count). The third-order valence-electron chi connectivity index (χ3n) is 4.09. The van der Waals surface area contributed by atoms with E-state index in [0.717, 1.165) is 6.08 Å². The highest BCUT2D eigenvalue weighted by Gasteiger charge is 2.37. The minimum atomic E-state index is -2.47. The van der Waals surface area contributed by atoms with E-state index in [1.54, 1.807) is 6.92 Å². The summed E-state index contributed by atoms with van der Waals surface area (Å²) in [6, 6.07) is 0. The highest BCUT2D eigenvalue weighted by atomic mass is 35.5. The van der Waals surface area contributed by atoms with E-state index in [1.165, 1.54) is 6.08 Å². The largest absolute Gasteiger partial charge is 0.420 e. The van der Waals surface area contributed by atoms with Gasteiger partial charge in [-0.1, -0.05) is 13.0 Å². The summed E-state index contributed by atoms with van der Waals surface area (Å²) in [5, 5.41) is 93.2. The number of rotatable bonds is 14. The predicted octanol–water partition coefficient (Wildman–Crippen LogP) is -4.68. The van der Waals surface area contributed by atoms with Crippen LogP contribution in [0.5, 0.6) is 0 Å². The van der Waals surface area contributed by atoms with Crippen molar-refractivity contribution in [2.24, 2.45) is 0 Å². The minimum absolute atomic E-state index is 0.346. The van der Waals surface area contributed by atoms with Crippen LogP contribution < -0.4 is 0 Å². The molecular formula is C18H29ClO14. The third-order valence-corrected chi connectivity index (χ3v) is 4.36. The molecule has 14 nitrogen and oxygen atoms in total. The second-order valence-corrected chi connectivity index (χ2v) is 6.99. The van der Waals surface area contributed by atoms with Crippen LogP contribution in [-0.2, 0) is 19.1 Å². The van der Waals surface area contributed by atoms with Crippen LogP contribution in [0.4, 0.5) is 0 Å². The molecule has 0 aromatic heterocycles. The Morgan fingerprint density at radius 3 is 1.52 bits per heavy atom. The van der Waals surface area contributed by atoms with Gasteiger partial charge in [-0.15, -0.1) is 0 Å². The molecule has 0 amide bonds. The van der Waals surface area contributed by atoms with Crippen LogP contribution in [0.2, 0.25) is 0 Å². The van der Waals surface area contributed by atoms with E-state index in [9.17, 15) is 50.4 Å². The Labute approximate surface area is 192 Å². The summed E-state index contributed by atoms with van der Waals surface area (Å²) < 4.78 is 9.26. The summed E-state index contributed by atoms with van der Waals surface area (Å²) in [6.45, 7) is -0.347. The molecule has 0 spiro atoms. The second-order valence-electron chi connectivity index (χ2n) is 6.64. The Morgan fingerprint density at radius 1 is 0.758 bits per heavy atom. The number of aliphatic hydroxyl groups excluding tert-OH is 10. The van der Waals surface area contributed by atoms with Crippen molar-refractivity contribution in [2.75, 3.05) is 13.2 Å². The molecule has 0 aliphatic rings. The molecule has 0 radical (unpaired) electrons. The van der Waals surface area contributed by atoms with Crippen molar-refractivity contribution >= 4 is 23.5 Å². The lowest BCUT2D eigenvalue weighted by molar-refractivity contribution is -0.169. The highest BCUT2D eigenvalue weighted by molar-refractivity contribution is 6.29. The molecule has 0 heterocycles. The van der Waals surface area contributed by atoms with E-state index in [4.69, 9.17) is 26.6 Å². The maximum atomic E-state index is 12.1. The van der Waals surface area contributed by atoms with Crippen LogP contribution in [0.1, 0.15) is 13.3 Å². The van der Waals surface area contributed by atoms with Gasteiger partial charge >= 0.3 is 11.9 Å². The Balaban J connectivity index is 5.52. The van der Waals surface area contributed by atoms with Crippen molar-refractivity contribution in [1.29, 1.82) is 0 Å². The Bertz CT molecular complexity index is 683. The molecule has 0 fully saturated rings. The number of hydrogen-bond acceptors (Lipinski definition) is 14. The maximum absolute atomic E-state index is 12.1. The molecule has 0 aliphatic heterocycles. The quantitative estimate of drug-likeness (QED) is 0.0606. The van der Waals surface area contributed by atoms with Gasteiger partial charge in [-0.05, 0) is 24.1 Å². The van der Waals surface area contributed by atoms with E-state index < -0.39 is 85.0 Å². The van der Waals surface area contributed by atoms with Crippen LogP contribution in [-0.4, -0.2) is 125 Å². The highest BCUT2D eigenvalue weighted by Crippen LogP contribution is 2.19. The molecule has 0 aromatic carbocycles. The van der Waals surface area contributed by atoms with Crippen molar-refractivity contribution < 1.29 is 70.1 Å². The number of carbonyl (C=O) groups excluding carboxylic acids is 2. The van der Waals surface area contributed by atoms with Gasteiger partial charge < -0.3 is 60.5 Å². The molecule has 0 aliphatic carbocycles. The van der Waals surface area contributed by atoms with E-state index in [2.05, 4.69) is 4.74 Å². The Morgan fingerprint density at radius 2 is 1.15 bits per heavy atom. The molecule has 0 aromatic rings. The molecule has 192 valence electrons. The van der Waals surface area contributed by atoms with Gasteiger partial charge in [0, 0.05) is 0 Å². The first-order valence-electron chi connectivity index (χ1n) is 9.49. The molecule has 15 heteroatoms. The zero-order chi connectivity index (χ0) is 25.9. The van der Waals surface area contributed by atoms with Gasteiger partial charge in [0.1, 0.15) is 36.6 Å². The molecule has 10 N–H and O–H groups in total. The van der Waals surface area contributed by atoms with Crippen LogP contribution in [0.3, 0.4) is 0 Å². The molecule has 0 saturated carbocycles. The predicted molar refractivity (Wildman–Crippen MR) is 107 cm³/mol. The Hall–Kier alpha value is -1.69. The first-order chi connectivity index (χ1) is 15.3. The van der Waals surface area contributed by atoms with Crippen molar-refractivity contribution in [1.82, 2.24) is 0 Å². The lowest BCUT2D eigenvalue weighted by atomic mass is 10.0. The van der Waals surface area contributed by atoms with Crippen molar-refractivity contribution in [3.63, 3.8) is 0 Å². The lowest BCUT2D eigenvalue weighted by Gasteiger charge is -2.25. The lowest BCUT2D eigenvalue weighted by Crippen LogP contribution is -2.49. The van der Waals surface area contributed by atoms with Crippen LogP contribution in [0.25, 0.3) is 0 Å². The zero-order valence-corrected chi connectivity index (χ0v) is 18.1. The molecule has 0 bridgehead atoms. The molecule has 33 heavy (non-hydrogen) atoms. The van der Waals surface area contributed by atoms with Gasteiger partial charge in [-0.2, -0.15) is 0 Å². The SMILES string of the molecule is CC/C=C/C(OC(=O)C(O)C(O)C(O)C(O)CO)=C(\Cl)OC(=O)C(O)C(O)C(O)C(O)CO. The fourth-order valence-electron chi connectivity index (χ4n) is 2.06. The van der Waals surface area contributed by atoms with Gasteiger partial charge in [0.15, 0.2) is 18.0 Å². The third kappa shape index (κ3) is 9.60. The number of esters is 2. The van der Waals surface area contributed by atoms with Gasteiger partial charge in [0.2, 0.25) is 5.22 Å². The van der Waals surface area contributed by atoms with Crippen molar-refractivity contribution in [3.8, 4) is 0 Å². The number of ether oxygens (including phenoxy) is 2. The summed E-state index contributed by atoms with van der Waals surface area (Å²) >= 11 is 5.76. The number of allylic oxidation sites excluding steroid dienone is 2. The van der Waals surface area contributed by atoms with Crippen molar-refractivity contribution in [3.05, 3.63) is 23.1 Å². The summed E-state index contributed by atoms with van der Waals surface area (Å²) in [7, 11) is 0. The zero-order valence-electron chi connectivity index (χ0n) is 17.4. The maximum Gasteiger partial charge on any atom is 0.344 e. The molecule has 8 atom stereocenters. The van der Waals surface area contributed by atoms with E-state index in [-0.39, 0.29) is 0 Å². The minimum Gasteiger partial charge on any atom is -0.420 e. The molecule has 0 saturated heterocycles. The standard InChI is InChI=1S/C18H29ClO14/c1-2-3-4-9(32-17(30)14(28)12(26)10(24)7(22)5-20)16(19)33-18(31)15(29)13(27)11(25)8(23)6-21/h3-4,7-8,10-15,20-29H,2,5-6H2,1H3/b4-3+,16-9-. The van der Waals surface area contributed by atoms with Crippen LogP contribution in [0, 0.1) is 0 Å². The second kappa shape index (κ2) is 15.3. The first-order valence-corrected chi connectivity index (χ1v) is 9.87. The summed E-state index contributed by atoms with van der Waals surface area (Å²) in [4.78, 5) is 24.0. The number of carbonyl (C=O) groups is 2. The van der Waals surface area contributed by atoms with Crippen LogP contribution >= 0.6 is 11.6 Å². The summed E-state index contributed by atoms with van der Waals surface area (Å²) in [5.41, 5.74) is 0. The average Bonchev–Trinajstić information content (AvgIpc) is 2.81. The Kier molecular flexibility index (Phi) is 14.5. The van der Waals surface area contributed by atoms with Crippen molar-refractivity contribution in [2.45, 2.75) is 62.2 Å². The normalized spacial score (nSPS) is 20.1. The monoisotopic (exact) mass is 504 g/mol.